The van der Waals surface area contributed by atoms with E-state index in [0.717, 1.165) is 27.4 Å². The maximum Gasteiger partial charge on any atom is 0.0750 e. The Labute approximate surface area is 132 Å². The number of rotatable bonds is 4. The second kappa shape index (κ2) is 6.35. The van der Waals surface area contributed by atoms with E-state index in [2.05, 4.69) is 50.6 Å². The summed E-state index contributed by atoms with van der Waals surface area (Å²) in [5, 5.41) is 1.13. The van der Waals surface area contributed by atoms with Gasteiger partial charge in [-0.25, -0.2) is 0 Å². The second-order valence-electron chi connectivity index (χ2n) is 4.94. The van der Waals surface area contributed by atoms with Crippen LogP contribution in [-0.2, 0) is 6.42 Å². The summed E-state index contributed by atoms with van der Waals surface area (Å²) in [7, 11) is 0. The molecule has 0 spiro atoms. The first-order chi connectivity index (χ1) is 10.3. The van der Waals surface area contributed by atoms with Gasteiger partial charge < -0.3 is 0 Å². The molecule has 1 heterocycles. The van der Waals surface area contributed by atoms with Crippen LogP contribution in [0.4, 0.5) is 0 Å². The van der Waals surface area contributed by atoms with Crippen LogP contribution in [0.2, 0.25) is 0 Å². The van der Waals surface area contributed by atoms with Crippen molar-refractivity contribution in [2.24, 2.45) is 5.84 Å². The van der Waals surface area contributed by atoms with Gasteiger partial charge in [-0.3, -0.25) is 16.3 Å². The molecule has 0 fully saturated rings. The van der Waals surface area contributed by atoms with Crippen molar-refractivity contribution in [1.82, 2.24) is 10.4 Å². The van der Waals surface area contributed by atoms with Gasteiger partial charge >= 0.3 is 0 Å². The Bertz CT molecular complexity index is 752. The normalized spacial score (nSPS) is 12.5. The molecule has 0 saturated carbocycles. The highest BCUT2D eigenvalue weighted by Gasteiger charge is 2.15. The fourth-order valence-corrected chi connectivity index (χ4v) is 3.00. The lowest BCUT2D eigenvalue weighted by atomic mass is 9.97. The van der Waals surface area contributed by atoms with Crippen LogP contribution in [0, 0.1) is 0 Å². The second-order valence-corrected chi connectivity index (χ2v) is 5.79. The number of nitrogens with one attached hydrogen (secondary N) is 1. The van der Waals surface area contributed by atoms with Crippen LogP contribution in [-0.4, -0.2) is 4.98 Å². The van der Waals surface area contributed by atoms with E-state index >= 15 is 0 Å². The van der Waals surface area contributed by atoms with E-state index in [0.29, 0.717) is 0 Å². The molecule has 0 aliphatic heterocycles. The molecule has 1 atom stereocenters. The lowest BCUT2D eigenvalue weighted by molar-refractivity contribution is 0.554. The fraction of sp³-hybridized carbons (Fsp3) is 0.118. The zero-order valence-electron chi connectivity index (χ0n) is 11.5. The van der Waals surface area contributed by atoms with E-state index < -0.39 is 0 Å². The average Bonchev–Trinajstić information content (AvgIpc) is 2.54. The molecule has 0 radical (unpaired) electrons. The Morgan fingerprint density at radius 2 is 1.86 bits per heavy atom. The number of pyridine rings is 1. The first-order valence-corrected chi connectivity index (χ1v) is 7.62. The largest absolute Gasteiger partial charge is 0.271 e. The van der Waals surface area contributed by atoms with Crippen LogP contribution in [0.15, 0.2) is 65.3 Å². The Balaban J connectivity index is 2.01. The number of hydrazine groups is 1. The quantitative estimate of drug-likeness (QED) is 0.561. The number of nitrogens with two attached hydrogens (primary N) is 1. The maximum absolute atomic E-state index is 5.80. The number of halogens is 1. The molecule has 1 aromatic heterocycles. The van der Waals surface area contributed by atoms with Crippen molar-refractivity contribution in [3.63, 3.8) is 0 Å². The third-order valence-corrected chi connectivity index (χ3v) is 4.40. The number of fused-ring (bicyclic) bond motifs is 1. The number of hydrogen-bond donors (Lipinski definition) is 2. The predicted octanol–water partition coefficient (Wildman–Crippen LogP) is 3.74. The Morgan fingerprint density at radius 3 is 2.67 bits per heavy atom. The van der Waals surface area contributed by atoms with Crippen molar-refractivity contribution in [3.8, 4) is 0 Å². The summed E-state index contributed by atoms with van der Waals surface area (Å²) in [5.41, 5.74) is 6.25. The monoisotopic (exact) mass is 341 g/mol. The van der Waals surface area contributed by atoms with Gasteiger partial charge in [0.25, 0.3) is 0 Å². The summed E-state index contributed by atoms with van der Waals surface area (Å²) < 4.78 is 1.10. The van der Waals surface area contributed by atoms with Gasteiger partial charge in [-0.2, -0.15) is 0 Å². The molecule has 0 aliphatic rings. The lowest BCUT2D eigenvalue weighted by Gasteiger charge is -2.18. The topological polar surface area (TPSA) is 50.9 Å². The number of para-hydroxylation sites is 1. The Kier molecular flexibility index (Phi) is 4.29. The van der Waals surface area contributed by atoms with Crippen molar-refractivity contribution in [2.45, 2.75) is 12.5 Å². The minimum Gasteiger partial charge on any atom is -0.271 e. The molecule has 3 rings (SSSR count). The van der Waals surface area contributed by atoms with Gasteiger partial charge in [-0.1, -0.05) is 58.4 Å². The molecule has 1 unspecified atom stereocenters. The first kappa shape index (κ1) is 14.2. The molecule has 106 valence electrons. The third-order valence-electron chi connectivity index (χ3n) is 3.62. The molecule has 0 bridgehead atoms. The first-order valence-electron chi connectivity index (χ1n) is 6.83. The molecule has 2 aromatic carbocycles. The predicted molar refractivity (Wildman–Crippen MR) is 89.7 cm³/mol. The molecule has 3 nitrogen and oxygen atoms in total. The average molecular weight is 342 g/mol. The van der Waals surface area contributed by atoms with E-state index in [-0.39, 0.29) is 6.04 Å². The minimum absolute atomic E-state index is 0.0160. The van der Waals surface area contributed by atoms with Gasteiger partial charge in [-0.15, -0.1) is 0 Å². The molecule has 4 heteroatoms. The van der Waals surface area contributed by atoms with Crippen LogP contribution < -0.4 is 11.3 Å². The molecule has 0 aliphatic carbocycles. The standard InChI is InChI=1S/C17H16BrN3/c18-15-9-2-1-5-13(15)11-16(21-19)14-8-3-6-12-7-4-10-20-17(12)14/h1-10,16,21H,11,19H2. The van der Waals surface area contributed by atoms with Gasteiger partial charge in [0.2, 0.25) is 0 Å². The summed E-state index contributed by atoms with van der Waals surface area (Å²) in [5.74, 6) is 5.80. The lowest BCUT2D eigenvalue weighted by Crippen LogP contribution is -2.30. The van der Waals surface area contributed by atoms with Gasteiger partial charge in [0.1, 0.15) is 0 Å². The molecule has 3 aromatic rings. The van der Waals surface area contributed by atoms with Gasteiger partial charge in [-0.05, 0) is 29.7 Å². The molecule has 0 saturated heterocycles. The molecule has 0 amide bonds. The van der Waals surface area contributed by atoms with Crippen molar-refractivity contribution in [2.75, 3.05) is 0 Å². The zero-order valence-corrected chi connectivity index (χ0v) is 13.0. The van der Waals surface area contributed by atoms with Gasteiger partial charge in [0.15, 0.2) is 0 Å². The summed E-state index contributed by atoms with van der Waals surface area (Å²) in [6.45, 7) is 0. The number of nitrogens with zero attached hydrogens (tertiary/aromatic N) is 1. The zero-order chi connectivity index (χ0) is 14.7. The van der Waals surface area contributed by atoms with Gasteiger partial charge in [0, 0.05) is 16.1 Å². The molecule has 3 N–H and O–H groups in total. The van der Waals surface area contributed by atoms with E-state index in [1.54, 1.807) is 0 Å². The molecular weight excluding hydrogens is 326 g/mol. The maximum atomic E-state index is 5.80. The van der Waals surface area contributed by atoms with Crippen LogP contribution in [0.1, 0.15) is 17.2 Å². The van der Waals surface area contributed by atoms with E-state index in [9.17, 15) is 0 Å². The van der Waals surface area contributed by atoms with Gasteiger partial charge in [0.05, 0.1) is 11.6 Å². The smallest absolute Gasteiger partial charge is 0.0750 e. The highest BCUT2D eigenvalue weighted by molar-refractivity contribution is 9.10. The third kappa shape index (κ3) is 2.97. The molecule has 21 heavy (non-hydrogen) atoms. The van der Waals surface area contributed by atoms with Crippen LogP contribution >= 0.6 is 15.9 Å². The Morgan fingerprint density at radius 1 is 1.05 bits per heavy atom. The Hall–Kier alpha value is -1.75. The number of aromatic nitrogens is 1. The minimum atomic E-state index is 0.0160. The van der Waals surface area contributed by atoms with Crippen LogP contribution in [0.5, 0.6) is 0 Å². The van der Waals surface area contributed by atoms with E-state index in [4.69, 9.17) is 5.84 Å². The van der Waals surface area contributed by atoms with Crippen LogP contribution in [0.3, 0.4) is 0 Å². The van der Waals surface area contributed by atoms with Crippen molar-refractivity contribution in [1.29, 1.82) is 0 Å². The summed E-state index contributed by atoms with van der Waals surface area (Å²) in [6, 6.07) is 18.4. The van der Waals surface area contributed by atoms with Crippen molar-refractivity contribution in [3.05, 3.63) is 76.4 Å². The molecular formula is C17H16BrN3. The van der Waals surface area contributed by atoms with Crippen LogP contribution in [0.25, 0.3) is 10.9 Å². The summed E-state index contributed by atoms with van der Waals surface area (Å²) >= 11 is 3.59. The van der Waals surface area contributed by atoms with E-state index in [1.165, 1.54) is 5.56 Å². The van der Waals surface area contributed by atoms with Crippen molar-refractivity contribution >= 4 is 26.8 Å². The SMILES string of the molecule is NNC(Cc1ccccc1Br)c1cccc2cccnc12. The van der Waals surface area contributed by atoms with Crippen molar-refractivity contribution < 1.29 is 0 Å². The fourth-order valence-electron chi connectivity index (χ4n) is 2.55. The summed E-state index contributed by atoms with van der Waals surface area (Å²) in [4.78, 5) is 4.51. The highest BCUT2D eigenvalue weighted by Crippen LogP contribution is 2.27. The van der Waals surface area contributed by atoms with E-state index in [1.807, 2.05) is 36.5 Å². The number of hydrogen-bond acceptors (Lipinski definition) is 3. The number of benzene rings is 2. The summed E-state index contributed by atoms with van der Waals surface area (Å²) in [6.07, 6.45) is 2.62. The highest BCUT2D eigenvalue weighted by atomic mass is 79.9.